The van der Waals surface area contributed by atoms with Crippen LogP contribution in [-0.4, -0.2) is 23.1 Å². The van der Waals surface area contributed by atoms with Gasteiger partial charge in [0.2, 0.25) is 0 Å². The Morgan fingerprint density at radius 2 is 2.22 bits per heavy atom. The van der Waals surface area contributed by atoms with Crippen LogP contribution in [0, 0.1) is 6.92 Å². The van der Waals surface area contributed by atoms with E-state index in [0.717, 1.165) is 24.5 Å². The van der Waals surface area contributed by atoms with Gasteiger partial charge in [-0.25, -0.2) is 9.97 Å². The van der Waals surface area contributed by atoms with Crippen LogP contribution in [0.3, 0.4) is 0 Å². The molecule has 0 bridgehead atoms. The first kappa shape index (κ1) is 12.5. The zero-order valence-electron chi connectivity index (χ0n) is 10.5. The van der Waals surface area contributed by atoms with Crippen LogP contribution in [0.1, 0.15) is 11.3 Å². The number of hydrogen-bond donors (Lipinski definition) is 1. The zero-order chi connectivity index (χ0) is 12.6. The Hall–Kier alpha value is -1.94. The minimum atomic E-state index is 0.647. The highest BCUT2D eigenvalue weighted by atomic mass is 16.5. The fourth-order valence-corrected chi connectivity index (χ4v) is 1.59. The molecule has 0 fully saturated rings. The van der Waals surface area contributed by atoms with E-state index in [4.69, 9.17) is 4.74 Å². The number of nitrogens with zero attached hydrogens (tertiary/aromatic N) is 2. The van der Waals surface area contributed by atoms with Crippen LogP contribution in [0.2, 0.25) is 0 Å². The van der Waals surface area contributed by atoms with Crippen molar-refractivity contribution in [2.75, 3.05) is 13.2 Å². The molecule has 0 aliphatic rings. The van der Waals surface area contributed by atoms with Crippen molar-refractivity contribution < 1.29 is 4.74 Å². The van der Waals surface area contributed by atoms with Gasteiger partial charge in [0, 0.05) is 19.3 Å². The first-order chi connectivity index (χ1) is 8.84. The number of rotatable bonds is 6. The smallest absolute Gasteiger partial charge is 0.119 e. The van der Waals surface area contributed by atoms with E-state index in [9.17, 15) is 0 Å². The van der Waals surface area contributed by atoms with E-state index in [2.05, 4.69) is 28.3 Å². The minimum absolute atomic E-state index is 0.647. The standard InChI is InChI=1S/C14H17N3O/c1-12-3-2-4-14(9-12)18-8-7-15-10-13-5-6-16-11-17-13/h2-6,9,11,15H,7-8,10H2,1H3. The molecule has 4 nitrogen and oxygen atoms in total. The molecule has 18 heavy (non-hydrogen) atoms. The third-order valence-corrected chi connectivity index (χ3v) is 2.49. The molecule has 1 N–H and O–H groups in total. The Bertz CT molecular complexity index is 473. The van der Waals surface area contributed by atoms with Crippen LogP contribution in [0.4, 0.5) is 0 Å². The summed E-state index contributed by atoms with van der Waals surface area (Å²) >= 11 is 0. The van der Waals surface area contributed by atoms with E-state index in [1.54, 1.807) is 12.5 Å². The second-order valence-electron chi connectivity index (χ2n) is 4.04. The van der Waals surface area contributed by atoms with Gasteiger partial charge in [-0.1, -0.05) is 12.1 Å². The first-order valence-corrected chi connectivity index (χ1v) is 6.00. The molecular weight excluding hydrogens is 226 g/mol. The first-order valence-electron chi connectivity index (χ1n) is 6.00. The number of ether oxygens (including phenoxy) is 1. The SMILES string of the molecule is Cc1cccc(OCCNCc2ccncn2)c1. The van der Waals surface area contributed by atoms with Crippen molar-refractivity contribution in [3.05, 3.63) is 54.1 Å². The average Bonchev–Trinajstić information content (AvgIpc) is 2.40. The number of benzene rings is 1. The monoisotopic (exact) mass is 243 g/mol. The van der Waals surface area contributed by atoms with Crippen LogP contribution < -0.4 is 10.1 Å². The Kier molecular flexibility index (Phi) is 4.67. The molecule has 0 aliphatic heterocycles. The van der Waals surface area contributed by atoms with E-state index >= 15 is 0 Å². The average molecular weight is 243 g/mol. The maximum absolute atomic E-state index is 5.63. The molecule has 0 aliphatic carbocycles. The second-order valence-corrected chi connectivity index (χ2v) is 4.04. The Morgan fingerprint density at radius 3 is 3.00 bits per heavy atom. The van der Waals surface area contributed by atoms with Crippen LogP contribution in [0.15, 0.2) is 42.9 Å². The van der Waals surface area contributed by atoms with Gasteiger partial charge in [0.15, 0.2) is 0 Å². The van der Waals surface area contributed by atoms with Gasteiger partial charge in [0.05, 0.1) is 5.69 Å². The largest absolute Gasteiger partial charge is 0.492 e. The Morgan fingerprint density at radius 1 is 1.28 bits per heavy atom. The Balaban J connectivity index is 1.65. The fourth-order valence-electron chi connectivity index (χ4n) is 1.59. The predicted molar refractivity (Wildman–Crippen MR) is 70.4 cm³/mol. The molecule has 0 saturated carbocycles. The topological polar surface area (TPSA) is 47.0 Å². The van der Waals surface area contributed by atoms with Crippen molar-refractivity contribution in [3.8, 4) is 5.75 Å². The third kappa shape index (κ3) is 4.14. The summed E-state index contributed by atoms with van der Waals surface area (Å²) in [6.45, 7) is 4.23. The van der Waals surface area contributed by atoms with E-state index in [1.165, 1.54) is 5.56 Å². The molecule has 2 rings (SSSR count). The molecule has 0 spiro atoms. The molecule has 94 valence electrons. The van der Waals surface area contributed by atoms with Gasteiger partial charge in [-0.2, -0.15) is 0 Å². The highest BCUT2D eigenvalue weighted by Crippen LogP contribution is 2.11. The molecule has 0 radical (unpaired) electrons. The van der Waals surface area contributed by atoms with Crippen LogP contribution >= 0.6 is 0 Å². The summed E-state index contributed by atoms with van der Waals surface area (Å²) in [7, 11) is 0. The number of aryl methyl sites for hydroxylation is 1. The van der Waals surface area contributed by atoms with Gasteiger partial charge in [-0.3, -0.25) is 0 Å². The maximum atomic E-state index is 5.63. The van der Waals surface area contributed by atoms with E-state index in [-0.39, 0.29) is 0 Å². The lowest BCUT2D eigenvalue weighted by Gasteiger charge is -2.07. The maximum Gasteiger partial charge on any atom is 0.119 e. The number of nitrogens with one attached hydrogen (secondary N) is 1. The summed E-state index contributed by atoms with van der Waals surface area (Å²) in [6, 6.07) is 9.95. The van der Waals surface area contributed by atoms with Gasteiger partial charge >= 0.3 is 0 Å². The normalized spacial score (nSPS) is 10.3. The molecule has 1 heterocycles. The summed E-state index contributed by atoms with van der Waals surface area (Å²) in [5.41, 5.74) is 2.20. The number of aromatic nitrogens is 2. The van der Waals surface area contributed by atoms with Crippen molar-refractivity contribution in [2.24, 2.45) is 0 Å². The minimum Gasteiger partial charge on any atom is -0.492 e. The van der Waals surface area contributed by atoms with Crippen molar-refractivity contribution in [2.45, 2.75) is 13.5 Å². The zero-order valence-corrected chi connectivity index (χ0v) is 10.5. The lowest BCUT2D eigenvalue weighted by Crippen LogP contribution is -2.21. The van der Waals surface area contributed by atoms with E-state index < -0.39 is 0 Å². The van der Waals surface area contributed by atoms with Gasteiger partial charge in [0.25, 0.3) is 0 Å². The van der Waals surface area contributed by atoms with Crippen molar-refractivity contribution in [1.29, 1.82) is 0 Å². The summed E-state index contributed by atoms with van der Waals surface area (Å²) in [5.74, 6) is 0.916. The van der Waals surface area contributed by atoms with E-state index in [0.29, 0.717) is 6.61 Å². The lowest BCUT2D eigenvalue weighted by molar-refractivity contribution is 0.313. The second kappa shape index (κ2) is 6.71. The molecule has 1 aromatic heterocycles. The molecule has 1 aromatic carbocycles. The fraction of sp³-hybridized carbons (Fsp3) is 0.286. The van der Waals surface area contributed by atoms with Crippen LogP contribution in [-0.2, 0) is 6.54 Å². The van der Waals surface area contributed by atoms with Gasteiger partial charge in [0.1, 0.15) is 18.7 Å². The molecular formula is C14H17N3O. The van der Waals surface area contributed by atoms with Gasteiger partial charge in [-0.15, -0.1) is 0 Å². The summed E-state index contributed by atoms with van der Waals surface area (Å²) < 4.78 is 5.63. The van der Waals surface area contributed by atoms with E-state index in [1.807, 2.05) is 24.3 Å². The van der Waals surface area contributed by atoms with Gasteiger partial charge < -0.3 is 10.1 Å². The highest BCUT2D eigenvalue weighted by molar-refractivity contribution is 5.27. The van der Waals surface area contributed by atoms with Crippen LogP contribution in [0.5, 0.6) is 5.75 Å². The molecule has 0 atom stereocenters. The predicted octanol–water partition coefficient (Wildman–Crippen LogP) is 1.95. The van der Waals surface area contributed by atoms with Gasteiger partial charge in [-0.05, 0) is 30.7 Å². The van der Waals surface area contributed by atoms with Crippen molar-refractivity contribution in [3.63, 3.8) is 0 Å². The molecule has 4 heteroatoms. The van der Waals surface area contributed by atoms with Crippen molar-refractivity contribution >= 4 is 0 Å². The summed E-state index contributed by atoms with van der Waals surface area (Å²) in [4.78, 5) is 8.01. The quantitative estimate of drug-likeness (QED) is 0.788. The molecule has 0 saturated heterocycles. The van der Waals surface area contributed by atoms with Crippen LogP contribution in [0.25, 0.3) is 0 Å². The molecule has 2 aromatic rings. The molecule has 0 unspecified atom stereocenters. The molecule has 0 amide bonds. The Labute approximate surface area is 107 Å². The van der Waals surface area contributed by atoms with Crippen molar-refractivity contribution in [1.82, 2.24) is 15.3 Å². The third-order valence-electron chi connectivity index (χ3n) is 2.49. The lowest BCUT2D eigenvalue weighted by atomic mass is 10.2. The summed E-state index contributed by atoms with van der Waals surface area (Å²) in [5, 5.41) is 3.27. The summed E-state index contributed by atoms with van der Waals surface area (Å²) in [6.07, 6.45) is 3.30. The number of hydrogen-bond acceptors (Lipinski definition) is 4. The highest BCUT2D eigenvalue weighted by Gasteiger charge is 1.95.